The Balaban J connectivity index is 2.37. The molecule has 7 heteroatoms. The Morgan fingerprint density at radius 3 is 2.88 bits per heavy atom. The Bertz CT molecular complexity index is 841. The number of hydrogen-bond donors (Lipinski definition) is 2. The molecular formula is C17H23N3O3S. The number of rotatable bonds is 7. The van der Waals surface area contributed by atoms with E-state index in [1.54, 1.807) is 25.3 Å². The summed E-state index contributed by atoms with van der Waals surface area (Å²) in [6.45, 7) is 5.02. The number of fused-ring (bicyclic) bond motifs is 1. The van der Waals surface area contributed by atoms with Crippen molar-refractivity contribution in [3.05, 3.63) is 38.9 Å². The Labute approximate surface area is 145 Å². The molecule has 1 atom stereocenters. The maximum atomic E-state index is 12.6. The lowest BCUT2D eigenvalue weighted by Gasteiger charge is -2.12. The van der Waals surface area contributed by atoms with E-state index in [2.05, 4.69) is 10.3 Å². The van der Waals surface area contributed by atoms with E-state index in [1.807, 2.05) is 13.8 Å². The van der Waals surface area contributed by atoms with E-state index in [0.717, 1.165) is 6.42 Å². The van der Waals surface area contributed by atoms with Gasteiger partial charge in [-0.05, 0) is 50.2 Å². The van der Waals surface area contributed by atoms with E-state index in [9.17, 15) is 9.59 Å². The molecule has 0 fully saturated rings. The zero-order valence-corrected chi connectivity index (χ0v) is 15.0. The molecule has 0 saturated heterocycles. The van der Waals surface area contributed by atoms with Gasteiger partial charge in [-0.1, -0.05) is 6.92 Å². The summed E-state index contributed by atoms with van der Waals surface area (Å²) in [7, 11) is 1.62. The molecule has 1 aromatic heterocycles. The van der Waals surface area contributed by atoms with Crippen LogP contribution in [0, 0.1) is 4.77 Å². The summed E-state index contributed by atoms with van der Waals surface area (Å²) < 4.78 is 6.88. The minimum Gasteiger partial charge on any atom is -0.385 e. The number of H-pyrrole nitrogens is 1. The molecule has 0 aliphatic carbocycles. The Morgan fingerprint density at radius 1 is 1.46 bits per heavy atom. The molecule has 6 nitrogen and oxygen atoms in total. The number of aromatic amines is 1. The molecule has 0 spiro atoms. The first-order valence-corrected chi connectivity index (χ1v) is 8.45. The smallest absolute Gasteiger partial charge is 0.262 e. The molecule has 0 aliphatic rings. The third kappa shape index (κ3) is 4.10. The summed E-state index contributed by atoms with van der Waals surface area (Å²) in [6.07, 6.45) is 1.56. The monoisotopic (exact) mass is 349 g/mol. The van der Waals surface area contributed by atoms with Crippen LogP contribution in [0.5, 0.6) is 0 Å². The molecule has 0 saturated carbocycles. The average Bonchev–Trinajstić information content (AvgIpc) is 2.57. The third-order valence-corrected chi connectivity index (χ3v) is 4.29. The van der Waals surface area contributed by atoms with Gasteiger partial charge in [-0.15, -0.1) is 0 Å². The van der Waals surface area contributed by atoms with E-state index in [-0.39, 0.29) is 17.5 Å². The van der Waals surface area contributed by atoms with Crippen LogP contribution < -0.4 is 10.9 Å². The number of nitrogens with zero attached hydrogens (tertiary/aromatic N) is 1. The first-order valence-electron chi connectivity index (χ1n) is 8.04. The van der Waals surface area contributed by atoms with E-state index in [1.165, 1.54) is 4.57 Å². The summed E-state index contributed by atoms with van der Waals surface area (Å²) in [4.78, 5) is 27.8. The lowest BCUT2D eigenvalue weighted by molar-refractivity contribution is 0.0939. The van der Waals surface area contributed by atoms with Gasteiger partial charge in [0.1, 0.15) is 0 Å². The van der Waals surface area contributed by atoms with Crippen LogP contribution in [-0.4, -0.2) is 35.2 Å². The van der Waals surface area contributed by atoms with E-state index in [0.29, 0.717) is 40.8 Å². The zero-order valence-electron chi connectivity index (χ0n) is 14.2. The van der Waals surface area contributed by atoms with Crippen LogP contribution in [0.1, 0.15) is 37.0 Å². The highest BCUT2D eigenvalue weighted by molar-refractivity contribution is 7.71. The molecule has 0 bridgehead atoms. The molecule has 0 aliphatic heterocycles. The summed E-state index contributed by atoms with van der Waals surface area (Å²) in [5, 5.41) is 3.42. The van der Waals surface area contributed by atoms with Crippen LogP contribution in [0.2, 0.25) is 0 Å². The van der Waals surface area contributed by atoms with E-state index in [4.69, 9.17) is 17.0 Å². The SMILES string of the molecule is CCC(C)NC(=O)c1ccc2c(=O)n(CCCOC)c(=S)[nH]c2c1. The number of carbonyl (C=O) groups excluding carboxylic acids is 1. The molecule has 24 heavy (non-hydrogen) atoms. The summed E-state index contributed by atoms with van der Waals surface area (Å²) >= 11 is 5.28. The molecule has 1 amide bonds. The average molecular weight is 349 g/mol. The molecule has 2 rings (SSSR count). The topological polar surface area (TPSA) is 76.1 Å². The fraction of sp³-hybridized carbons (Fsp3) is 0.471. The van der Waals surface area contributed by atoms with E-state index >= 15 is 0 Å². The lowest BCUT2D eigenvalue weighted by atomic mass is 10.1. The number of amides is 1. The van der Waals surface area contributed by atoms with Gasteiger partial charge >= 0.3 is 0 Å². The highest BCUT2D eigenvalue weighted by atomic mass is 32.1. The molecule has 1 heterocycles. The highest BCUT2D eigenvalue weighted by Crippen LogP contribution is 2.11. The first kappa shape index (κ1) is 18.4. The highest BCUT2D eigenvalue weighted by Gasteiger charge is 2.11. The standard InChI is InChI=1S/C17H23N3O3S/c1-4-11(2)18-15(21)12-6-7-13-14(10-12)19-17(24)20(16(13)22)8-5-9-23-3/h6-7,10-11H,4-5,8-9H2,1-3H3,(H,18,21)(H,19,24). The first-order chi connectivity index (χ1) is 11.5. The molecular weight excluding hydrogens is 326 g/mol. The van der Waals surface area contributed by atoms with Gasteiger partial charge in [0.2, 0.25) is 0 Å². The maximum Gasteiger partial charge on any atom is 0.262 e. The van der Waals surface area contributed by atoms with Gasteiger partial charge in [-0.3, -0.25) is 14.2 Å². The molecule has 2 aromatic rings. The summed E-state index contributed by atoms with van der Waals surface area (Å²) in [5.74, 6) is -0.158. The molecule has 0 radical (unpaired) electrons. The van der Waals surface area contributed by atoms with Crippen molar-refractivity contribution in [2.24, 2.45) is 0 Å². The van der Waals surface area contributed by atoms with Crippen molar-refractivity contribution >= 4 is 29.0 Å². The number of nitrogens with one attached hydrogen (secondary N) is 2. The minimum absolute atomic E-state index is 0.0977. The van der Waals surface area contributed by atoms with Crippen molar-refractivity contribution in [2.75, 3.05) is 13.7 Å². The number of carbonyl (C=O) groups is 1. The van der Waals surface area contributed by atoms with Gasteiger partial charge in [0.05, 0.1) is 10.9 Å². The number of hydrogen-bond acceptors (Lipinski definition) is 4. The minimum atomic E-state index is -0.158. The second kappa shape index (κ2) is 8.21. The largest absolute Gasteiger partial charge is 0.385 e. The Morgan fingerprint density at radius 2 is 2.21 bits per heavy atom. The van der Waals surface area contributed by atoms with Gasteiger partial charge in [0.15, 0.2) is 4.77 Å². The fourth-order valence-electron chi connectivity index (χ4n) is 2.37. The molecule has 1 unspecified atom stereocenters. The summed E-state index contributed by atoms with van der Waals surface area (Å²) in [5.41, 5.74) is 0.925. The van der Waals surface area contributed by atoms with Crippen LogP contribution in [0.25, 0.3) is 10.9 Å². The van der Waals surface area contributed by atoms with Gasteiger partial charge in [-0.2, -0.15) is 0 Å². The Kier molecular flexibility index (Phi) is 6.28. The van der Waals surface area contributed by atoms with Crippen LogP contribution in [0.4, 0.5) is 0 Å². The summed E-state index contributed by atoms with van der Waals surface area (Å²) in [6, 6.07) is 5.10. The molecule has 130 valence electrons. The second-order valence-corrected chi connectivity index (χ2v) is 6.16. The van der Waals surface area contributed by atoms with E-state index < -0.39 is 0 Å². The molecule has 1 aromatic carbocycles. The van der Waals surface area contributed by atoms with Crippen LogP contribution in [0.15, 0.2) is 23.0 Å². The number of benzene rings is 1. The lowest BCUT2D eigenvalue weighted by Crippen LogP contribution is -2.32. The van der Waals surface area contributed by atoms with Gasteiger partial charge in [-0.25, -0.2) is 0 Å². The number of methoxy groups -OCH3 is 1. The van der Waals surface area contributed by atoms with Crippen LogP contribution >= 0.6 is 12.2 Å². The van der Waals surface area contributed by atoms with Crippen molar-refractivity contribution in [3.8, 4) is 0 Å². The van der Waals surface area contributed by atoms with Crippen LogP contribution in [-0.2, 0) is 11.3 Å². The maximum absolute atomic E-state index is 12.6. The van der Waals surface area contributed by atoms with Crippen molar-refractivity contribution in [1.82, 2.24) is 14.9 Å². The Hall–Kier alpha value is -1.99. The van der Waals surface area contributed by atoms with Crippen molar-refractivity contribution in [1.29, 1.82) is 0 Å². The van der Waals surface area contributed by atoms with Crippen molar-refractivity contribution in [3.63, 3.8) is 0 Å². The number of aromatic nitrogens is 2. The molecule has 2 N–H and O–H groups in total. The predicted octanol–water partition coefficient (Wildman–Crippen LogP) is 2.62. The second-order valence-electron chi connectivity index (χ2n) is 5.78. The van der Waals surface area contributed by atoms with Gasteiger partial charge < -0.3 is 15.0 Å². The van der Waals surface area contributed by atoms with Crippen LogP contribution in [0.3, 0.4) is 0 Å². The quantitative estimate of drug-likeness (QED) is 0.595. The van der Waals surface area contributed by atoms with Gasteiger partial charge in [0.25, 0.3) is 11.5 Å². The predicted molar refractivity (Wildman–Crippen MR) is 97.1 cm³/mol. The normalized spacial score (nSPS) is 12.3. The fourth-order valence-corrected chi connectivity index (χ4v) is 2.66. The number of ether oxygens (including phenoxy) is 1. The van der Waals surface area contributed by atoms with Gasteiger partial charge in [0, 0.05) is 31.9 Å². The third-order valence-electron chi connectivity index (χ3n) is 3.96. The zero-order chi connectivity index (χ0) is 17.7. The van der Waals surface area contributed by atoms with Crippen molar-refractivity contribution < 1.29 is 9.53 Å². The van der Waals surface area contributed by atoms with Crippen molar-refractivity contribution in [2.45, 2.75) is 39.3 Å².